The number of hydrogen-bond donors (Lipinski definition) is 1. The quantitative estimate of drug-likeness (QED) is 0.778. The SMILES string of the molecule is CCOc1ccc(C(=O)OC(C)C[NH+]2CCOCC2)cc1. The first-order valence-corrected chi connectivity index (χ1v) is 7.54. The predicted molar refractivity (Wildman–Crippen MR) is 78.9 cm³/mol. The summed E-state index contributed by atoms with van der Waals surface area (Å²) in [6.07, 6.45) is -0.0998. The monoisotopic (exact) mass is 294 g/mol. The number of esters is 1. The second kappa shape index (κ2) is 8.00. The van der Waals surface area contributed by atoms with Gasteiger partial charge in [0.2, 0.25) is 0 Å². The Hall–Kier alpha value is -1.59. The highest BCUT2D eigenvalue weighted by Crippen LogP contribution is 2.13. The highest BCUT2D eigenvalue weighted by Gasteiger charge is 2.20. The van der Waals surface area contributed by atoms with Crippen LogP contribution in [-0.2, 0) is 9.47 Å². The maximum Gasteiger partial charge on any atom is 0.338 e. The lowest BCUT2D eigenvalue weighted by Gasteiger charge is -2.26. The predicted octanol–water partition coefficient (Wildman–Crippen LogP) is 0.546. The van der Waals surface area contributed by atoms with Crippen LogP contribution in [0.4, 0.5) is 0 Å². The van der Waals surface area contributed by atoms with Gasteiger partial charge in [0.05, 0.1) is 25.4 Å². The summed E-state index contributed by atoms with van der Waals surface area (Å²) in [5.41, 5.74) is 0.558. The van der Waals surface area contributed by atoms with Crippen molar-refractivity contribution in [2.45, 2.75) is 20.0 Å². The Kier molecular flexibility index (Phi) is 6.02. The molecule has 0 amide bonds. The highest BCUT2D eigenvalue weighted by atomic mass is 16.5. The van der Waals surface area contributed by atoms with Gasteiger partial charge in [-0.05, 0) is 38.1 Å². The molecule has 1 aliphatic heterocycles. The van der Waals surface area contributed by atoms with Crippen molar-refractivity contribution in [1.29, 1.82) is 0 Å². The Labute approximate surface area is 125 Å². The molecule has 5 nitrogen and oxygen atoms in total. The number of morpholine rings is 1. The Bertz CT molecular complexity index is 440. The zero-order valence-corrected chi connectivity index (χ0v) is 12.8. The van der Waals surface area contributed by atoms with E-state index in [9.17, 15) is 4.79 Å². The minimum Gasteiger partial charge on any atom is -0.494 e. The fourth-order valence-corrected chi connectivity index (χ4v) is 2.42. The van der Waals surface area contributed by atoms with Gasteiger partial charge in [0.25, 0.3) is 0 Å². The first kappa shape index (κ1) is 15.8. The summed E-state index contributed by atoms with van der Waals surface area (Å²) in [5, 5.41) is 0. The van der Waals surface area contributed by atoms with E-state index in [4.69, 9.17) is 14.2 Å². The largest absolute Gasteiger partial charge is 0.494 e. The van der Waals surface area contributed by atoms with Crippen molar-refractivity contribution in [1.82, 2.24) is 0 Å². The molecule has 1 atom stereocenters. The van der Waals surface area contributed by atoms with Gasteiger partial charge >= 0.3 is 5.97 Å². The number of benzene rings is 1. The van der Waals surface area contributed by atoms with Crippen LogP contribution < -0.4 is 9.64 Å². The second-order valence-electron chi connectivity index (χ2n) is 5.24. The van der Waals surface area contributed by atoms with Crippen LogP contribution in [0.1, 0.15) is 24.2 Å². The average molecular weight is 294 g/mol. The van der Waals surface area contributed by atoms with E-state index in [-0.39, 0.29) is 12.1 Å². The topological polar surface area (TPSA) is 49.2 Å². The third-order valence-corrected chi connectivity index (χ3v) is 3.49. The molecule has 1 aromatic rings. The zero-order valence-electron chi connectivity index (χ0n) is 12.8. The molecule has 1 aromatic carbocycles. The summed E-state index contributed by atoms with van der Waals surface area (Å²) >= 11 is 0. The standard InChI is InChI=1S/C16H23NO4/c1-3-20-15-6-4-14(5-7-15)16(18)21-13(2)12-17-8-10-19-11-9-17/h4-7,13H,3,8-12H2,1-2H3/p+1. The van der Waals surface area contributed by atoms with Crippen LogP contribution in [0.3, 0.4) is 0 Å². The van der Waals surface area contributed by atoms with E-state index in [1.165, 1.54) is 4.90 Å². The maximum atomic E-state index is 12.1. The van der Waals surface area contributed by atoms with Gasteiger partial charge < -0.3 is 19.1 Å². The van der Waals surface area contributed by atoms with E-state index in [0.717, 1.165) is 38.6 Å². The van der Waals surface area contributed by atoms with Crippen molar-refractivity contribution in [2.75, 3.05) is 39.5 Å². The molecule has 116 valence electrons. The van der Waals surface area contributed by atoms with Crippen molar-refractivity contribution in [3.05, 3.63) is 29.8 Å². The van der Waals surface area contributed by atoms with Crippen LogP contribution in [0, 0.1) is 0 Å². The number of ether oxygens (including phenoxy) is 3. The van der Waals surface area contributed by atoms with Gasteiger partial charge in [-0.3, -0.25) is 0 Å². The van der Waals surface area contributed by atoms with Crippen molar-refractivity contribution in [3.8, 4) is 5.75 Å². The summed E-state index contributed by atoms with van der Waals surface area (Å²) in [5.74, 6) is 0.484. The smallest absolute Gasteiger partial charge is 0.338 e. The van der Waals surface area contributed by atoms with Gasteiger partial charge in [-0.2, -0.15) is 0 Å². The molecule has 1 N–H and O–H groups in total. The van der Waals surface area contributed by atoms with Gasteiger partial charge in [0.1, 0.15) is 31.5 Å². The minimum absolute atomic E-state index is 0.0998. The molecule has 0 bridgehead atoms. The van der Waals surface area contributed by atoms with Crippen molar-refractivity contribution in [3.63, 3.8) is 0 Å². The van der Waals surface area contributed by atoms with E-state index in [0.29, 0.717) is 12.2 Å². The normalized spacial score (nSPS) is 17.2. The van der Waals surface area contributed by atoms with Crippen LogP contribution in [0.15, 0.2) is 24.3 Å². The summed E-state index contributed by atoms with van der Waals surface area (Å²) < 4.78 is 16.2. The number of carbonyl (C=O) groups excluding carboxylic acids is 1. The summed E-state index contributed by atoms with van der Waals surface area (Å²) in [6, 6.07) is 7.05. The molecule has 1 fully saturated rings. The van der Waals surface area contributed by atoms with E-state index < -0.39 is 0 Å². The summed E-state index contributed by atoms with van der Waals surface area (Å²) in [7, 11) is 0. The van der Waals surface area contributed by atoms with Crippen LogP contribution >= 0.6 is 0 Å². The van der Waals surface area contributed by atoms with E-state index in [1.54, 1.807) is 24.3 Å². The van der Waals surface area contributed by atoms with Gasteiger partial charge in [-0.1, -0.05) is 0 Å². The molecule has 1 heterocycles. The van der Waals surface area contributed by atoms with Gasteiger partial charge in [-0.25, -0.2) is 4.79 Å². The molecule has 5 heteroatoms. The lowest BCUT2D eigenvalue weighted by molar-refractivity contribution is -0.910. The minimum atomic E-state index is -0.279. The fourth-order valence-electron chi connectivity index (χ4n) is 2.42. The third-order valence-electron chi connectivity index (χ3n) is 3.49. The molecule has 21 heavy (non-hydrogen) atoms. The lowest BCUT2D eigenvalue weighted by Crippen LogP contribution is -3.15. The lowest BCUT2D eigenvalue weighted by atomic mass is 10.2. The Morgan fingerprint density at radius 3 is 2.57 bits per heavy atom. The van der Waals surface area contributed by atoms with Crippen LogP contribution in [0.25, 0.3) is 0 Å². The van der Waals surface area contributed by atoms with Crippen molar-refractivity contribution >= 4 is 5.97 Å². The first-order chi connectivity index (χ1) is 10.2. The zero-order chi connectivity index (χ0) is 15.1. The van der Waals surface area contributed by atoms with Crippen LogP contribution in [-0.4, -0.2) is 51.5 Å². The van der Waals surface area contributed by atoms with Crippen molar-refractivity contribution in [2.24, 2.45) is 0 Å². The molecule has 1 unspecified atom stereocenters. The number of carbonyl (C=O) groups is 1. The first-order valence-electron chi connectivity index (χ1n) is 7.54. The van der Waals surface area contributed by atoms with Crippen molar-refractivity contribution < 1.29 is 23.9 Å². The van der Waals surface area contributed by atoms with E-state index in [1.807, 2.05) is 13.8 Å². The maximum absolute atomic E-state index is 12.1. The summed E-state index contributed by atoms with van der Waals surface area (Å²) in [6.45, 7) is 8.84. The number of rotatable bonds is 6. The summed E-state index contributed by atoms with van der Waals surface area (Å²) in [4.78, 5) is 13.5. The third kappa shape index (κ3) is 5.02. The second-order valence-corrected chi connectivity index (χ2v) is 5.24. The van der Waals surface area contributed by atoms with Crippen LogP contribution in [0.5, 0.6) is 5.75 Å². The molecule has 1 aliphatic rings. The molecule has 0 spiro atoms. The van der Waals surface area contributed by atoms with Gasteiger partial charge in [0, 0.05) is 0 Å². The Balaban J connectivity index is 1.82. The molecular weight excluding hydrogens is 270 g/mol. The number of hydrogen-bond acceptors (Lipinski definition) is 4. The number of quaternary nitrogens is 1. The van der Waals surface area contributed by atoms with Gasteiger partial charge in [0.15, 0.2) is 0 Å². The van der Waals surface area contributed by atoms with Gasteiger partial charge in [-0.15, -0.1) is 0 Å². The Morgan fingerprint density at radius 1 is 1.29 bits per heavy atom. The fraction of sp³-hybridized carbons (Fsp3) is 0.562. The van der Waals surface area contributed by atoms with Crippen LogP contribution in [0.2, 0.25) is 0 Å². The molecule has 0 saturated carbocycles. The molecule has 0 aliphatic carbocycles. The molecule has 2 rings (SSSR count). The molecular formula is C16H24NO4+. The Morgan fingerprint density at radius 2 is 1.95 bits per heavy atom. The molecule has 0 radical (unpaired) electrons. The average Bonchev–Trinajstić information content (AvgIpc) is 2.49. The highest BCUT2D eigenvalue weighted by molar-refractivity contribution is 5.89. The van der Waals surface area contributed by atoms with E-state index in [2.05, 4.69) is 0 Å². The van der Waals surface area contributed by atoms with E-state index >= 15 is 0 Å². The number of nitrogens with one attached hydrogen (secondary N) is 1. The molecule has 1 saturated heterocycles. The molecule has 0 aromatic heterocycles.